The number of morpholine rings is 1. The Morgan fingerprint density at radius 1 is 1.71 bits per heavy atom. The van der Waals surface area contributed by atoms with Crippen LogP contribution in [0.5, 0.6) is 0 Å². The summed E-state index contributed by atoms with van der Waals surface area (Å²) in [6.45, 7) is 3.18. The summed E-state index contributed by atoms with van der Waals surface area (Å²) in [6.07, 6.45) is 0.106. The first kappa shape index (κ1) is 11.4. The number of likely N-dealkylation sites (N-methyl/N-ethyl adjacent to an activating group) is 1. The van der Waals surface area contributed by atoms with Crippen molar-refractivity contribution in [2.24, 2.45) is 0 Å². The lowest BCUT2D eigenvalue weighted by molar-refractivity contribution is -0.135. The van der Waals surface area contributed by atoms with Crippen LogP contribution in [0.3, 0.4) is 0 Å². The fourth-order valence-corrected chi connectivity index (χ4v) is 1.38. The molecule has 0 aromatic heterocycles. The van der Waals surface area contributed by atoms with Crippen LogP contribution in [0.15, 0.2) is 0 Å². The smallest absolute Gasteiger partial charge is 0.248 e. The highest BCUT2D eigenvalue weighted by Gasteiger charge is 2.17. The van der Waals surface area contributed by atoms with E-state index in [1.807, 2.05) is 0 Å². The molecule has 5 nitrogen and oxygen atoms in total. The van der Waals surface area contributed by atoms with Gasteiger partial charge in [0.1, 0.15) is 6.61 Å². The van der Waals surface area contributed by atoms with Crippen molar-refractivity contribution in [1.29, 1.82) is 0 Å². The predicted molar refractivity (Wildman–Crippen MR) is 52.1 cm³/mol. The molecule has 0 bridgehead atoms. The number of nitrogens with one attached hydrogen (secondary N) is 1. The van der Waals surface area contributed by atoms with Crippen LogP contribution in [0.25, 0.3) is 0 Å². The molecule has 1 unspecified atom stereocenters. The van der Waals surface area contributed by atoms with Gasteiger partial charge in [-0.1, -0.05) is 0 Å². The lowest BCUT2D eigenvalue weighted by Gasteiger charge is -2.27. The first-order chi connectivity index (χ1) is 6.74. The molecule has 1 aliphatic rings. The van der Waals surface area contributed by atoms with E-state index < -0.39 is 0 Å². The Labute approximate surface area is 84.4 Å². The minimum Gasteiger partial charge on any atom is -0.375 e. The maximum absolute atomic E-state index is 11.3. The van der Waals surface area contributed by atoms with Crippen molar-refractivity contribution in [2.75, 3.05) is 47.0 Å². The topological polar surface area (TPSA) is 50.8 Å². The number of amides is 1. The largest absolute Gasteiger partial charge is 0.375 e. The van der Waals surface area contributed by atoms with E-state index in [0.29, 0.717) is 6.54 Å². The van der Waals surface area contributed by atoms with E-state index in [2.05, 4.69) is 5.32 Å². The van der Waals surface area contributed by atoms with E-state index in [-0.39, 0.29) is 18.6 Å². The third kappa shape index (κ3) is 3.61. The SMILES string of the molecule is COCC(=O)N(C)CC1CNCCO1. The zero-order valence-corrected chi connectivity index (χ0v) is 8.78. The first-order valence-corrected chi connectivity index (χ1v) is 4.79. The van der Waals surface area contributed by atoms with E-state index in [1.165, 1.54) is 7.11 Å². The molecular weight excluding hydrogens is 184 g/mol. The summed E-state index contributed by atoms with van der Waals surface area (Å²) >= 11 is 0. The van der Waals surface area contributed by atoms with Crippen molar-refractivity contribution in [3.05, 3.63) is 0 Å². The molecule has 1 rings (SSSR count). The number of methoxy groups -OCH3 is 1. The van der Waals surface area contributed by atoms with E-state index in [4.69, 9.17) is 9.47 Å². The number of hydrogen-bond acceptors (Lipinski definition) is 4. The number of nitrogens with zero attached hydrogens (tertiary/aromatic N) is 1. The molecule has 0 saturated carbocycles. The van der Waals surface area contributed by atoms with Crippen LogP contribution in [-0.2, 0) is 14.3 Å². The van der Waals surface area contributed by atoms with Gasteiger partial charge >= 0.3 is 0 Å². The Morgan fingerprint density at radius 3 is 3.07 bits per heavy atom. The zero-order valence-electron chi connectivity index (χ0n) is 8.78. The minimum absolute atomic E-state index is 0.0123. The minimum atomic E-state index is -0.0123. The average Bonchev–Trinajstić information content (AvgIpc) is 2.19. The van der Waals surface area contributed by atoms with Gasteiger partial charge in [-0.2, -0.15) is 0 Å². The molecule has 1 fully saturated rings. The van der Waals surface area contributed by atoms with Crippen molar-refractivity contribution in [1.82, 2.24) is 10.2 Å². The molecule has 1 amide bonds. The maximum atomic E-state index is 11.3. The zero-order chi connectivity index (χ0) is 10.4. The van der Waals surface area contributed by atoms with E-state index in [0.717, 1.165) is 19.7 Å². The van der Waals surface area contributed by atoms with Crippen molar-refractivity contribution < 1.29 is 14.3 Å². The number of carbonyl (C=O) groups is 1. The summed E-state index contributed by atoms with van der Waals surface area (Å²) < 4.78 is 10.2. The van der Waals surface area contributed by atoms with Crippen LogP contribution in [-0.4, -0.2) is 63.9 Å². The van der Waals surface area contributed by atoms with E-state index in [1.54, 1.807) is 11.9 Å². The maximum Gasteiger partial charge on any atom is 0.248 e. The quantitative estimate of drug-likeness (QED) is 0.640. The molecule has 1 N–H and O–H groups in total. The van der Waals surface area contributed by atoms with Crippen LogP contribution >= 0.6 is 0 Å². The summed E-state index contributed by atoms with van der Waals surface area (Å²) in [6, 6.07) is 0. The second-order valence-corrected chi connectivity index (χ2v) is 3.40. The fraction of sp³-hybridized carbons (Fsp3) is 0.889. The number of ether oxygens (including phenoxy) is 2. The molecular formula is C9H18N2O3. The Hall–Kier alpha value is -0.650. The molecule has 0 aromatic carbocycles. The number of carbonyl (C=O) groups excluding carboxylic acids is 1. The van der Waals surface area contributed by atoms with Gasteiger partial charge in [0.2, 0.25) is 5.91 Å². The highest BCUT2D eigenvalue weighted by Crippen LogP contribution is 1.98. The summed E-state index contributed by atoms with van der Waals surface area (Å²) in [5.41, 5.74) is 0. The molecule has 82 valence electrons. The second-order valence-electron chi connectivity index (χ2n) is 3.40. The third-order valence-electron chi connectivity index (χ3n) is 2.18. The van der Waals surface area contributed by atoms with Gasteiger partial charge in [0.15, 0.2) is 0 Å². The Kier molecular flexibility index (Phi) is 4.86. The molecule has 0 aromatic rings. The molecule has 5 heteroatoms. The van der Waals surface area contributed by atoms with Crippen LogP contribution in [0.4, 0.5) is 0 Å². The Balaban J connectivity index is 2.24. The Bertz CT molecular complexity index is 181. The average molecular weight is 202 g/mol. The van der Waals surface area contributed by atoms with Gasteiger partial charge in [-0.25, -0.2) is 0 Å². The van der Waals surface area contributed by atoms with Crippen LogP contribution in [0.2, 0.25) is 0 Å². The van der Waals surface area contributed by atoms with E-state index >= 15 is 0 Å². The van der Waals surface area contributed by atoms with Gasteiger partial charge in [0, 0.05) is 33.8 Å². The van der Waals surface area contributed by atoms with Gasteiger partial charge in [0.05, 0.1) is 12.7 Å². The van der Waals surface area contributed by atoms with Crippen molar-refractivity contribution in [3.8, 4) is 0 Å². The number of rotatable bonds is 4. The molecule has 14 heavy (non-hydrogen) atoms. The van der Waals surface area contributed by atoms with Crippen LogP contribution < -0.4 is 5.32 Å². The first-order valence-electron chi connectivity index (χ1n) is 4.79. The van der Waals surface area contributed by atoms with Crippen molar-refractivity contribution >= 4 is 5.91 Å². The lowest BCUT2D eigenvalue weighted by Crippen LogP contribution is -2.46. The molecule has 0 radical (unpaired) electrons. The second kappa shape index (κ2) is 5.95. The van der Waals surface area contributed by atoms with Crippen LogP contribution in [0.1, 0.15) is 0 Å². The van der Waals surface area contributed by atoms with Gasteiger partial charge < -0.3 is 19.7 Å². The third-order valence-corrected chi connectivity index (χ3v) is 2.18. The number of hydrogen-bond donors (Lipinski definition) is 1. The molecule has 1 aliphatic heterocycles. The molecule has 0 spiro atoms. The van der Waals surface area contributed by atoms with Crippen molar-refractivity contribution in [2.45, 2.75) is 6.10 Å². The summed E-state index contributed by atoms with van der Waals surface area (Å²) in [5.74, 6) is -0.0123. The predicted octanol–water partition coefficient (Wildman–Crippen LogP) is -0.920. The fourth-order valence-electron chi connectivity index (χ4n) is 1.38. The van der Waals surface area contributed by atoms with Gasteiger partial charge in [-0.05, 0) is 0 Å². The standard InChI is InChI=1S/C9H18N2O3/c1-11(9(12)7-13-2)6-8-5-10-3-4-14-8/h8,10H,3-7H2,1-2H3. The highest BCUT2D eigenvalue weighted by atomic mass is 16.5. The summed E-state index contributed by atoms with van der Waals surface area (Å²) in [7, 11) is 3.28. The molecule has 1 atom stereocenters. The van der Waals surface area contributed by atoms with E-state index in [9.17, 15) is 4.79 Å². The monoisotopic (exact) mass is 202 g/mol. The van der Waals surface area contributed by atoms with Gasteiger partial charge in [-0.3, -0.25) is 4.79 Å². The highest BCUT2D eigenvalue weighted by molar-refractivity contribution is 5.77. The lowest BCUT2D eigenvalue weighted by atomic mass is 10.3. The molecule has 1 saturated heterocycles. The van der Waals surface area contributed by atoms with Gasteiger partial charge in [-0.15, -0.1) is 0 Å². The van der Waals surface area contributed by atoms with Crippen LogP contribution in [0, 0.1) is 0 Å². The summed E-state index contributed by atoms with van der Waals surface area (Å²) in [5, 5.41) is 3.22. The Morgan fingerprint density at radius 2 is 2.50 bits per heavy atom. The van der Waals surface area contributed by atoms with Gasteiger partial charge in [0.25, 0.3) is 0 Å². The molecule has 1 heterocycles. The van der Waals surface area contributed by atoms with Crippen molar-refractivity contribution in [3.63, 3.8) is 0 Å². The normalized spacial score (nSPS) is 22.0. The summed E-state index contributed by atoms with van der Waals surface area (Å²) in [4.78, 5) is 13.0. The molecule has 0 aliphatic carbocycles.